The van der Waals surface area contributed by atoms with Gasteiger partial charge in [-0.2, -0.15) is 0 Å². The van der Waals surface area contributed by atoms with Gasteiger partial charge in [-0.1, -0.05) is 30.3 Å². The van der Waals surface area contributed by atoms with Gasteiger partial charge in [-0.15, -0.1) is 0 Å². The maximum absolute atomic E-state index is 11.9. The lowest BCUT2D eigenvalue weighted by Gasteiger charge is -2.09. The molecule has 0 fully saturated rings. The molecular formula is C18H19NO4. The van der Waals surface area contributed by atoms with Crippen LogP contribution in [0.1, 0.15) is 21.5 Å². The van der Waals surface area contributed by atoms with Gasteiger partial charge in [0, 0.05) is 12.8 Å². The van der Waals surface area contributed by atoms with Gasteiger partial charge in [-0.05, 0) is 36.2 Å². The quantitative estimate of drug-likeness (QED) is 0.833. The Morgan fingerprint density at radius 1 is 1.04 bits per heavy atom. The fourth-order valence-electron chi connectivity index (χ4n) is 2.02. The number of hydrogen-bond donors (Lipinski definition) is 1. The highest BCUT2D eigenvalue weighted by atomic mass is 16.5. The van der Waals surface area contributed by atoms with Gasteiger partial charge in [0.25, 0.3) is 5.91 Å². The molecule has 5 nitrogen and oxygen atoms in total. The minimum Gasteiger partial charge on any atom is -0.452 e. The number of nitrogens with one attached hydrogen (secondary N) is 1. The Morgan fingerprint density at radius 3 is 2.39 bits per heavy atom. The lowest BCUT2D eigenvalue weighted by molar-refractivity contribution is -0.119. The molecule has 0 bridgehead atoms. The number of aryl methyl sites for hydroxylation is 1. The summed E-state index contributed by atoms with van der Waals surface area (Å²) in [6.45, 7) is 2.05. The number of benzene rings is 2. The second-order valence-corrected chi connectivity index (χ2v) is 5.07. The fourth-order valence-corrected chi connectivity index (χ4v) is 2.02. The lowest BCUT2D eigenvalue weighted by atomic mass is 10.1. The number of carbonyl (C=O) groups excluding carboxylic acids is 2. The molecule has 1 amide bonds. The zero-order valence-corrected chi connectivity index (χ0v) is 13.2. The molecule has 0 unspecified atom stereocenters. The van der Waals surface area contributed by atoms with Crippen molar-refractivity contribution in [1.82, 2.24) is 0 Å². The third-order valence-corrected chi connectivity index (χ3v) is 3.25. The van der Waals surface area contributed by atoms with E-state index in [0.717, 1.165) is 11.1 Å². The van der Waals surface area contributed by atoms with Crippen LogP contribution in [-0.2, 0) is 20.9 Å². The number of rotatable bonds is 6. The minimum atomic E-state index is -0.533. The monoisotopic (exact) mass is 313 g/mol. The maximum Gasteiger partial charge on any atom is 0.338 e. The molecule has 0 atom stereocenters. The normalized spacial score (nSPS) is 10.2. The second-order valence-electron chi connectivity index (χ2n) is 5.07. The van der Waals surface area contributed by atoms with E-state index in [1.165, 1.54) is 0 Å². The molecule has 2 aromatic rings. The number of ether oxygens (including phenoxy) is 2. The largest absolute Gasteiger partial charge is 0.452 e. The average Bonchev–Trinajstić information content (AvgIpc) is 2.56. The van der Waals surface area contributed by atoms with Crippen LogP contribution in [0.4, 0.5) is 5.69 Å². The van der Waals surface area contributed by atoms with E-state index >= 15 is 0 Å². The molecule has 0 aliphatic carbocycles. The molecule has 0 aliphatic heterocycles. The molecular weight excluding hydrogens is 294 g/mol. The SMILES string of the molecule is COCc1ccc(C(=O)OCC(=O)Nc2ccccc2C)cc1. The van der Waals surface area contributed by atoms with Crippen LogP contribution < -0.4 is 5.32 Å². The van der Waals surface area contributed by atoms with Crippen molar-refractivity contribution >= 4 is 17.6 Å². The molecule has 0 spiro atoms. The summed E-state index contributed by atoms with van der Waals surface area (Å²) in [5.74, 6) is -0.905. The van der Waals surface area contributed by atoms with Gasteiger partial charge in [0.2, 0.25) is 0 Å². The summed E-state index contributed by atoms with van der Waals surface area (Å²) in [6.07, 6.45) is 0. The molecule has 0 aliphatic rings. The summed E-state index contributed by atoms with van der Waals surface area (Å²) in [5, 5.41) is 2.71. The second kappa shape index (κ2) is 8.10. The Morgan fingerprint density at radius 2 is 1.74 bits per heavy atom. The summed E-state index contributed by atoms with van der Waals surface area (Å²) in [7, 11) is 1.61. The fraction of sp³-hybridized carbons (Fsp3) is 0.222. The van der Waals surface area contributed by atoms with Gasteiger partial charge in [-0.3, -0.25) is 4.79 Å². The lowest BCUT2D eigenvalue weighted by Crippen LogP contribution is -2.21. The maximum atomic E-state index is 11.9. The molecule has 0 radical (unpaired) electrons. The summed E-state index contributed by atoms with van der Waals surface area (Å²) in [6, 6.07) is 14.3. The van der Waals surface area contributed by atoms with E-state index in [1.54, 1.807) is 37.4 Å². The molecule has 5 heteroatoms. The van der Waals surface area contributed by atoms with Crippen molar-refractivity contribution in [2.45, 2.75) is 13.5 Å². The Kier molecular flexibility index (Phi) is 5.88. The molecule has 0 heterocycles. The van der Waals surface area contributed by atoms with Crippen molar-refractivity contribution in [3.63, 3.8) is 0 Å². The van der Waals surface area contributed by atoms with E-state index in [0.29, 0.717) is 17.9 Å². The van der Waals surface area contributed by atoms with Crippen molar-refractivity contribution < 1.29 is 19.1 Å². The Bertz CT molecular complexity index is 680. The predicted octanol–water partition coefficient (Wildman–Crippen LogP) is 2.94. The average molecular weight is 313 g/mol. The van der Waals surface area contributed by atoms with Crippen LogP contribution >= 0.6 is 0 Å². The third kappa shape index (κ3) is 4.93. The Labute approximate surface area is 135 Å². The number of methoxy groups -OCH3 is 1. The summed E-state index contributed by atoms with van der Waals surface area (Å²) in [5.41, 5.74) is 3.01. The van der Waals surface area contributed by atoms with Crippen LogP contribution in [0.2, 0.25) is 0 Å². The highest BCUT2D eigenvalue weighted by molar-refractivity contribution is 5.95. The first-order chi connectivity index (χ1) is 11.1. The van der Waals surface area contributed by atoms with Gasteiger partial charge < -0.3 is 14.8 Å². The van der Waals surface area contributed by atoms with Crippen molar-refractivity contribution in [2.75, 3.05) is 19.0 Å². The number of para-hydroxylation sites is 1. The van der Waals surface area contributed by atoms with Gasteiger partial charge in [0.15, 0.2) is 6.61 Å². The van der Waals surface area contributed by atoms with Crippen molar-refractivity contribution in [1.29, 1.82) is 0 Å². The van der Waals surface area contributed by atoms with Gasteiger partial charge in [0.05, 0.1) is 12.2 Å². The first-order valence-electron chi connectivity index (χ1n) is 7.20. The molecule has 2 aromatic carbocycles. The molecule has 120 valence electrons. The number of anilines is 1. The highest BCUT2D eigenvalue weighted by Crippen LogP contribution is 2.13. The summed E-state index contributed by atoms with van der Waals surface area (Å²) >= 11 is 0. The highest BCUT2D eigenvalue weighted by Gasteiger charge is 2.11. The molecule has 1 N–H and O–H groups in total. The smallest absolute Gasteiger partial charge is 0.338 e. The van der Waals surface area contributed by atoms with Crippen LogP contribution in [-0.4, -0.2) is 25.6 Å². The van der Waals surface area contributed by atoms with E-state index in [1.807, 2.05) is 25.1 Å². The summed E-state index contributed by atoms with van der Waals surface area (Å²) < 4.78 is 10.0. The molecule has 0 aromatic heterocycles. The standard InChI is InChI=1S/C18H19NO4/c1-13-5-3-4-6-16(13)19-17(20)12-23-18(21)15-9-7-14(8-10-15)11-22-2/h3-10H,11-12H2,1-2H3,(H,19,20). The first-order valence-corrected chi connectivity index (χ1v) is 7.20. The number of hydrogen-bond acceptors (Lipinski definition) is 4. The van der Waals surface area contributed by atoms with Gasteiger partial charge in [0.1, 0.15) is 0 Å². The van der Waals surface area contributed by atoms with E-state index in [4.69, 9.17) is 9.47 Å². The molecule has 2 rings (SSSR count). The van der Waals surface area contributed by atoms with Crippen molar-refractivity contribution in [3.8, 4) is 0 Å². The van der Waals surface area contributed by atoms with Crippen LogP contribution in [0.25, 0.3) is 0 Å². The van der Waals surface area contributed by atoms with Crippen LogP contribution in [0.5, 0.6) is 0 Å². The van der Waals surface area contributed by atoms with E-state index in [9.17, 15) is 9.59 Å². The predicted molar refractivity (Wildman–Crippen MR) is 87.2 cm³/mol. The number of carbonyl (C=O) groups is 2. The third-order valence-electron chi connectivity index (χ3n) is 3.25. The van der Waals surface area contributed by atoms with Crippen LogP contribution in [0, 0.1) is 6.92 Å². The zero-order valence-electron chi connectivity index (χ0n) is 13.2. The van der Waals surface area contributed by atoms with E-state index in [-0.39, 0.29) is 12.5 Å². The Balaban J connectivity index is 1.86. The van der Waals surface area contributed by atoms with Gasteiger partial charge >= 0.3 is 5.97 Å². The Hall–Kier alpha value is -2.66. The van der Waals surface area contributed by atoms with E-state index in [2.05, 4.69) is 5.32 Å². The van der Waals surface area contributed by atoms with E-state index < -0.39 is 5.97 Å². The van der Waals surface area contributed by atoms with Gasteiger partial charge in [-0.25, -0.2) is 4.79 Å². The number of esters is 1. The molecule has 0 saturated heterocycles. The summed E-state index contributed by atoms with van der Waals surface area (Å²) in [4.78, 5) is 23.7. The topological polar surface area (TPSA) is 64.6 Å². The van der Waals surface area contributed by atoms with Crippen molar-refractivity contribution in [2.24, 2.45) is 0 Å². The van der Waals surface area contributed by atoms with Crippen LogP contribution in [0.15, 0.2) is 48.5 Å². The van der Waals surface area contributed by atoms with Crippen LogP contribution in [0.3, 0.4) is 0 Å². The minimum absolute atomic E-state index is 0.326. The first kappa shape index (κ1) is 16.7. The number of amides is 1. The molecule has 23 heavy (non-hydrogen) atoms. The molecule has 0 saturated carbocycles. The zero-order chi connectivity index (χ0) is 16.7. The van der Waals surface area contributed by atoms with Crippen molar-refractivity contribution in [3.05, 3.63) is 65.2 Å².